The van der Waals surface area contributed by atoms with Crippen molar-refractivity contribution in [2.45, 2.75) is 0 Å². The van der Waals surface area contributed by atoms with Crippen LogP contribution >= 0.6 is 31.9 Å². The summed E-state index contributed by atoms with van der Waals surface area (Å²) in [6, 6.07) is 3.82. The first-order valence-corrected chi connectivity index (χ1v) is 5.83. The first-order chi connectivity index (χ1) is 7.15. The second-order valence-corrected chi connectivity index (χ2v) is 4.99. The summed E-state index contributed by atoms with van der Waals surface area (Å²) in [5, 5.41) is 7.30. The molecule has 0 aliphatic rings. The van der Waals surface area contributed by atoms with Crippen molar-refractivity contribution in [2.24, 2.45) is 0 Å². The second-order valence-electron chi connectivity index (χ2n) is 2.96. The Morgan fingerprint density at radius 1 is 1.53 bits per heavy atom. The fourth-order valence-corrected chi connectivity index (χ4v) is 1.57. The fraction of sp³-hybridized carbons (Fsp3) is 0.111. The van der Waals surface area contributed by atoms with Crippen LogP contribution in [0.25, 0.3) is 5.65 Å². The summed E-state index contributed by atoms with van der Waals surface area (Å²) in [5.74, 6) is 0.591. The van der Waals surface area contributed by atoms with Gasteiger partial charge < -0.3 is 5.32 Å². The van der Waals surface area contributed by atoms with Gasteiger partial charge in [0.05, 0.1) is 0 Å². The topological polar surface area (TPSA) is 42.2 Å². The lowest BCUT2D eigenvalue weighted by Crippen LogP contribution is -2.02. The lowest BCUT2D eigenvalue weighted by atomic mass is 10.5. The van der Waals surface area contributed by atoms with Gasteiger partial charge in [-0.25, -0.2) is 4.52 Å². The molecule has 0 atom stereocenters. The summed E-state index contributed by atoms with van der Waals surface area (Å²) < 4.78 is 3.54. The normalized spacial score (nSPS) is 10.5. The Bertz CT molecular complexity index is 506. The van der Waals surface area contributed by atoms with E-state index in [0.29, 0.717) is 12.5 Å². The number of rotatable bonds is 3. The van der Waals surface area contributed by atoms with Crippen LogP contribution < -0.4 is 5.32 Å². The molecule has 0 saturated carbocycles. The highest BCUT2D eigenvalue weighted by Gasteiger charge is 2.02. The molecule has 2 rings (SSSR count). The maximum Gasteiger partial charge on any atom is 0.243 e. The van der Waals surface area contributed by atoms with Gasteiger partial charge in [0.25, 0.3) is 0 Å². The van der Waals surface area contributed by atoms with Gasteiger partial charge in [0.15, 0.2) is 5.65 Å². The van der Waals surface area contributed by atoms with E-state index in [9.17, 15) is 0 Å². The molecule has 2 aromatic heterocycles. The number of anilines is 1. The number of pyridine rings is 1. The van der Waals surface area contributed by atoms with Crippen LogP contribution in [-0.4, -0.2) is 21.1 Å². The molecule has 6 heteroatoms. The van der Waals surface area contributed by atoms with Crippen molar-refractivity contribution in [2.75, 3.05) is 11.9 Å². The van der Waals surface area contributed by atoms with E-state index in [2.05, 4.69) is 53.8 Å². The Labute approximate surface area is 104 Å². The molecule has 0 amide bonds. The number of hydrogen-bond donors (Lipinski definition) is 1. The third kappa shape index (κ3) is 2.57. The van der Waals surface area contributed by atoms with E-state index in [0.717, 1.165) is 14.6 Å². The molecule has 0 aliphatic heterocycles. The second kappa shape index (κ2) is 4.32. The quantitative estimate of drug-likeness (QED) is 0.940. The van der Waals surface area contributed by atoms with Gasteiger partial charge in [-0.3, -0.25) is 0 Å². The summed E-state index contributed by atoms with van der Waals surface area (Å²) in [6.07, 6.45) is 1.86. The Morgan fingerprint density at radius 2 is 2.33 bits per heavy atom. The van der Waals surface area contributed by atoms with Crippen molar-refractivity contribution in [1.29, 1.82) is 0 Å². The first-order valence-electron chi connectivity index (χ1n) is 4.24. The minimum Gasteiger partial charge on any atom is -0.348 e. The smallest absolute Gasteiger partial charge is 0.243 e. The zero-order chi connectivity index (χ0) is 10.8. The van der Waals surface area contributed by atoms with Crippen LogP contribution in [0, 0.1) is 0 Å². The number of nitrogens with zero attached hydrogens (tertiary/aromatic N) is 3. The summed E-state index contributed by atoms with van der Waals surface area (Å²) in [7, 11) is 0. The lowest BCUT2D eigenvalue weighted by molar-refractivity contribution is 0.954. The number of aromatic nitrogens is 3. The zero-order valence-corrected chi connectivity index (χ0v) is 10.9. The lowest BCUT2D eigenvalue weighted by Gasteiger charge is -1.96. The van der Waals surface area contributed by atoms with E-state index in [1.165, 1.54) is 0 Å². The van der Waals surface area contributed by atoms with Gasteiger partial charge in [-0.15, -0.1) is 5.10 Å². The predicted octanol–water partition coefficient (Wildman–Crippen LogP) is 2.81. The molecule has 4 nitrogen and oxygen atoms in total. The average Bonchev–Trinajstić information content (AvgIpc) is 2.56. The van der Waals surface area contributed by atoms with Crippen LogP contribution in [0.4, 0.5) is 5.95 Å². The molecule has 1 N–H and O–H groups in total. The highest BCUT2D eigenvalue weighted by Crippen LogP contribution is 2.12. The maximum absolute atomic E-state index is 4.28. The maximum atomic E-state index is 4.28. The molecule has 2 aromatic rings. The van der Waals surface area contributed by atoms with Gasteiger partial charge in [-0.1, -0.05) is 22.5 Å². The van der Waals surface area contributed by atoms with E-state index >= 15 is 0 Å². The fourth-order valence-electron chi connectivity index (χ4n) is 1.11. The van der Waals surface area contributed by atoms with E-state index in [-0.39, 0.29) is 0 Å². The molecule has 78 valence electrons. The molecular weight excluding hydrogens is 324 g/mol. The Balaban J connectivity index is 2.27. The van der Waals surface area contributed by atoms with E-state index in [1.54, 1.807) is 4.52 Å². The van der Waals surface area contributed by atoms with Crippen molar-refractivity contribution in [3.05, 3.63) is 33.9 Å². The van der Waals surface area contributed by atoms with Crippen LogP contribution in [0.1, 0.15) is 0 Å². The highest BCUT2D eigenvalue weighted by atomic mass is 79.9. The monoisotopic (exact) mass is 330 g/mol. The standard InChI is InChI=1S/C9H8Br2N4/c1-6(10)4-12-9-13-8-3-2-7(11)5-15(8)14-9/h2-3,5H,1,4H2,(H,12,14). The molecule has 15 heavy (non-hydrogen) atoms. The number of nitrogens with one attached hydrogen (secondary N) is 1. The van der Waals surface area contributed by atoms with Crippen molar-refractivity contribution in [3.8, 4) is 0 Å². The highest BCUT2D eigenvalue weighted by molar-refractivity contribution is 9.11. The van der Waals surface area contributed by atoms with Crippen LogP contribution in [0.15, 0.2) is 33.9 Å². The van der Waals surface area contributed by atoms with Crippen LogP contribution in [0.2, 0.25) is 0 Å². The Kier molecular flexibility index (Phi) is 3.06. The first kappa shape index (κ1) is 10.6. The van der Waals surface area contributed by atoms with Crippen molar-refractivity contribution in [3.63, 3.8) is 0 Å². The molecule has 0 radical (unpaired) electrons. The van der Waals surface area contributed by atoms with Crippen molar-refractivity contribution in [1.82, 2.24) is 14.6 Å². The number of fused-ring (bicyclic) bond motifs is 1. The minimum absolute atomic E-state index is 0.591. The van der Waals surface area contributed by atoms with Crippen LogP contribution in [0.5, 0.6) is 0 Å². The zero-order valence-electron chi connectivity index (χ0n) is 7.74. The molecule has 0 aliphatic carbocycles. The van der Waals surface area contributed by atoms with Gasteiger partial charge in [-0.2, -0.15) is 4.98 Å². The molecule has 2 heterocycles. The summed E-state index contributed by atoms with van der Waals surface area (Å²) in [4.78, 5) is 4.28. The largest absolute Gasteiger partial charge is 0.348 e. The molecule has 0 saturated heterocycles. The summed E-state index contributed by atoms with van der Waals surface area (Å²) >= 11 is 6.63. The molecule has 0 fully saturated rings. The molecular formula is C9H8Br2N4. The Hall–Kier alpha value is -0.880. The third-order valence-corrected chi connectivity index (χ3v) is 2.48. The van der Waals surface area contributed by atoms with Gasteiger partial charge in [0.2, 0.25) is 5.95 Å². The van der Waals surface area contributed by atoms with E-state index < -0.39 is 0 Å². The summed E-state index contributed by atoms with van der Waals surface area (Å²) in [5.41, 5.74) is 0.806. The van der Waals surface area contributed by atoms with E-state index in [4.69, 9.17) is 0 Å². The predicted molar refractivity (Wildman–Crippen MR) is 67.2 cm³/mol. The SMILES string of the molecule is C=C(Br)CNc1nc2ccc(Br)cn2n1. The van der Waals surface area contributed by atoms with Crippen LogP contribution in [-0.2, 0) is 0 Å². The van der Waals surface area contributed by atoms with Gasteiger partial charge >= 0.3 is 0 Å². The van der Waals surface area contributed by atoms with Crippen LogP contribution in [0.3, 0.4) is 0 Å². The average molecular weight is 332 g/mol. The van der Waals surface area contributed by atoms with E-state index in [1.807, 2.05) is 18.3 Å². The van der Waals surface area contributed by atoms with Crippen molar-refractivity contribution >= 4 is 43.5 Å². The van der Waals surface area contributed by atoms with Gasteiger partial charge in [0.1, 0.15) is 0 Å². The molecule has 0 unspecified atom stereocenters. The minimum atomic E-state index is 0.591. The van der Waals surface area contributed by atoms with Crippen molar-refractivity contribution < 1.29 is 0 Å². The Morgan fingerprint density at radius 3 is 3.07 bits per heavy atom. The number of hydrogen-bond acceptors (Lipinski definition) is 3. The molecule has 0 bridgehead atoms. The third-order valence-electron chi connectivity index (χ3n) is 1.73. The summed E-state index contributed by atoms with van der Waals surface area (Å²) in [6.45, 7) is 4.33. The number of halogens is 2. The molecule has 0 spiro atoms. The van der Waals surface area contributed by atoms with Gasteiger partial charge in [0, 0.05) is 21.7 Å². The van der Waals surface area contributed by atoms with Gasteiger partial charge in [-0.05, 0) is 28.1 Å². The molecule has 0 aromatic carbocycles.